The molecule has 4 nitrogen and oxygen atoms in total. The van der Waals surface area contributed by atoms with Gasteiger partial charge in [0.15, 0.2) is 0 Å². The minimum absolute atomic E-state index is 0.237. The molecule has 0 bridgehead atoms. The van der Waals surface area contributed by atoms with Crippen LogP contribution >= 0.6 is 0 Å². The maximum Gasteiger partial charge on any atom is 0.216 e. The molecule has 6 heteroatoms. The second-order valence-corrected chi connectivity index (χ2v) is 4.54. The van der Waals surface area contributed by atoms with E-state index in [9.17, 15) is 8.78 Å². The second kappa shape index (κ2) is 6.00. The molecule has 1 aromatic carbocycles. The number of hydrogen-bond acceptors (Lipinski definition) is 3. The van der Waals surface area contributed by atoms with Crippen LogP contribution in [0.15, 0.2) is 18.2 Å². The summed E-state index contributed by atoms with van der Waals surface area (Å²) < 4.78 is 33.4. The molecule has 0 amide bonds. The molecule has 1 N–H and O–H groups in total. The van der Waals surface area contributed by atoms with E-state index in [1.165, 1.54) is 6.07 Å². The van der Waals surface area contributed by atoms with Crippen molar-refractivity contribution in [1.29, 1.82) is 0 Å². The maximum absolute atomic E-state index is 13.5. The van der Waals surface area contributed by atoms with E-state index in [4.69, 9.17) is 4.74 Å². The van der Waals surface area contributed by atoms with Gasteiger partial charge in [-0.25, -0.2) is 13.5 Å². The molecule has 0 aliphatic heterocycles. The van der Waals surface area contributed by atoms with Gasteiger partial charge in [-0.2, -0.15) is 5.10 Å². The summed E-state index contributed by atoms with van der Waals surface area (Å²) in [6.45, 7) is 2.59. The van der Waals surface area contributed by atoms with Gasteiger partial charge in [0.1, 0.15) is 11.6 Å². The number of nitrogens with one attached hydrogen (secondary N) is 1. The second-order valence-electron chi connectivity index (χ2n) is 4.54. The fourth-order valence-electron chi connectivity index (χ4n) is 2.14. The highest BCUT2D eigenvalue weighted by Gasteiger charge is 2.13. The SMILES string of the molecule is COc1c(CNCc2cc(F)ccc2F)c(C)nn1C. The average Bonchev–Trinajstić information content (AvgIpc) is 2.68. The molecule has 0 aliphatic carbocycles. The van der Waals surface area contributed by atoms with Crippen molar-refractivity contribution in [2.45, 2.75) is 20.0 Å². The smallest absolute Gasteiger partial charge is 0.216 e. The minimum atomic E-state index is -0.446. The molecule has 108 valence electrons. The van der Waals surface area contributed by atoms with Gasteiger partial charge < -0.3 is 10.1 Å². The lowest BCUT2D eigenvalue weighted by Crippen LogP contribution is -2.15. The maximum atomic E-state index is 13.5. The molecule has 20 heavy (non-hydrogen) atoms. The Balaban J connectivity index is 2.05. The molecule has 0 saturated carbocycles. The van der Waals surface area contributed by atoms with Crippen LogP contribution in [-0.2, 0) is 20.1 Å². The molecular formula is C14H17F2N3O. The van der Waals surface area contributed by atoms with Crippen molar-refractivity contribution in [1.82, 2.24) is 15.1 Å². The van der Waals surface area contributed by atoms with E-state index < -0.39 is 11.6 Å². The zero-order chi connectivity index (χ0) is 14.7. The van der Waals surface area contributed by atoms with E-state index in [1.807, 2.05) is 6.92 Å². The third-order valence-electron chi connectivity index (χ3n) is 3.11. The van der Waals surface area contributed by atoms with E-state index in [0.717, 1.165) is 23.4 Å². The van der Waals surface area contributed by atoms with E-state index in [-0.39, 0.29) is 6.54 Å². The molecule has 0 atom stereocenters. The zero-order valence-electron chi connectivity index (χ0n) is 11.7. The van der Waals surface area contributed by atoms with E-state index in [2.05, 4.69) is 10.4 Å². The van der Waals surface area contributed by atoms with Crippen LogP contribution in [0.3, 0.4) is 0 Å². The minimum Gasteiger partial charge on any atom is -0.481 e. The first-order valence-electron chi connectivity index (χ1n) is 6.24. The largest absolute Gasteiger partial charge is 0.481 e. The van der Waals surface area contributed by atoms with Crippen molar-refractivity contribution in [2.24, 2.45) is 7.05 Å². The Bertz CT molecular complexity index is 611. The van der Waals surface area contributed by atoms with Gasteiger partial charge in [0, 0.05) is 25.7 Å². The van der Waals surface area contributed by atoms with Crippen LogP contribution in [-0.4, -0.2) is 16.9 Å². The fourth-order valence-corrected chi connectivity index (χ4v) is 2.14. The first-order valence-corrected chi connectivity index (χ1v) is 6.24. The summed E-state index contributed by atoms with van der Waals surface area (Å²) >= 11 is 0. The molecule has 0 unspecified atom stereocenters. The molecule has 0 aliphatic rings. The third kappa shape index (κ3) is 2.96. The first kappa shape index (κ1) is 14.5. The average molecular weight is 281 g/mol. The Labute approximate surface area is 116 Å². The van der Waals surface area contributed by atoms with Crippen LogP contribution in [0.5, 0.6) is 5.88 Å². The highest BCUT2D eigenvalue weighted by Crippen LogP contribution is 2.20. The van der Waals surface area contributed by atoms with Gasteiger partial charge in [-0.15, -0.1) is 0 Å². The summed E-state index contributed by atoms with van der Waals surface area (Å²) in [5, 5.41) is 7.33. The number of rotatable bonds is 5. The lowest BCUT2D eigenvalue weighted by atomic mass is 10.2. The number of methoxy groups -OCH3 is 1. The molecular weight excluding hydrogens is 264 g/mol. The summed E-state index contributed by atoms with van der Waals surface area (Å²) in [7, 11) is 3.37. The van der Waals surface area contributed by atoms with Gasteiger partial charge in [-0.1, -0.05) is 0 Å². The van der Waals surface area contributed by atoms with Gasteiger partial charge in [-0.05, 0) is 25.1 Å². The monoisotopic (exact) mass is 281 g/mol. The highest BCUT2D eigenvalue weighted by atomic mass is 19.1. The lowest BCUT2D eigenvalue weighted by molar-refractivity contribution is 0.368. The third-order valence-corrected chi connectivity index (χ3v) is 3.11. The number of nitrogens with zero attached hydrogens (tertiary/aromatic N) is 2. The summed E-state index contributed by atoms with van der Waals surface area (Å²) in [4.78, 5) is 0. The Morgan fingerprint density at radius 1 is 1.30 bits per heavy atom. The topological polar surface area (TPSA) is 39.1 Å². The molecule has 2 aromatic rings. The number of ether oxygens (including phenoxy) is 1. The molecule has 0 radical (unpaired) electrons. The molecule has 0 spiro atoms. The predicted molar refractivity (Wildman–Crippen MR) is 71.4 cm³/mol. The quantitative estimate of drug-likeness (QED) is 0.914. The van der Waals surface area contributed by atoms with E-state index in [1.54, 1.807) is 18.8 Å². The number of halogens is 2. The summed E-state index contributed by atoms with van der Waals surface area (Å²) in [6.07, 6.45) is 0. The first-order chi connectivity index (χ1) is 9.52. The standard InChI is InChI=1S/C14H17F2N3O/c1-9-12(14(20-3)19(2)18-9)8-17-7-10-6-11(15)4-5-13(10)16/h4-6,17H,7-8H2,1-3H3. The molecule has 0 saturated heterocycles. The molecule has 1 heterocycles. The van der Waals surface area contributed by atoms with Crippen LogP contribution in [0.4, 0.5) is 8.78 Å². The molecule has 2 rings (SSSR count). The van der Waals surface area contributed by atoms with Crippen LogP contribution in [0.25, 0.3) is 0 Å². The van der Waals surface area contributed by atoms with Crippen LogP contribution in [0, 0.1) is 18.6 Å². The Morgan fingerprint density at radius 3 is 2.75 bits per heavy atom. The van der Waals surface area contributed by atoms with Gasteiger partial charge in [0.05, 0.1) is 18.4 Å². The highest BCUT2D eigenvalue weighted by molar-refractivity contribution is 5.30. The van der Waals surface area contributed by atoms with Gasteiger partial charge in [-0.3, -0.25) is 0 Å². The lowest BCUT2D eigenvalue weighted by Gasteiger charge is -2.08. The Morgan fingerprint density at radius 2 is 2.05 bits per heavy atom. The molecule has 1 aromatic heterocycles. The summed E-state index contributed by atoms with van der Waals surface area (Å²) in [5.41, 5.74) is 2.05. The summed E-state index contributed by atoms with van der Waals surface area (Å²) in [5.74, 6) is -0.207. The van der Waals surface area contributed by atoms with E-state index in [0.29, 0.717) is 18.0 Å². The Kier molecular flexibility index (Phi) is 4.34. The zero-order valence-corrected chi connectivity index (χ0v) is 11.7. The van der Waals surface area contributed by atoms with Crippen molar-refractivity contribution in [3.63, 3.8) is 0 Å². The van der Waals surface area contributed by atoms with Crippen molar-refractivity contribution in [3.8, 4) is 5.88 Å². The number of aryl methyl sites for hydroxylation is 2. The van der Waals surface area contributed by atoms with Gasteiger partial charge in [0.2, 0.25) is 5.88 Å². The fraction of sp³-hybridized carbons (Fsp3) is 0.357. The molecule has 0 fully saturated rings. The van der Waals surface area contributed by atoms with Gasteiger partial charge >= 0.3 is 0 Å². The van der Waals surface area contributed by atoms with Crippen molar-refractivity contribution >= 4 is 0 Å². The van der Waals surface area contributed by atoms with Gasteiger partial charge in [0.25, 0.3) is 0 Å². The Hall–Kier alpha value is -1.95. The van der Waals surface area contributed by atoms with Crippen molar-refractivity contribution < 1.29 is 13.5 Å². The van der Waals surface area contributed by atoms with Crippen LogP contribution < -0.4 is 10.1 Å². The normalized spacial score (nSPS) is 10.8. The van der Waals surface area contributed by atoms with E-state index >= 15 is 0 Å². The van der Waals surface area contributed by atoms with Crippen LogP contribution in [0.2, 0.25) is 0 Å². The van der Waals surface area contributed by atoms with Crippen LogP contribution in [0.1, 0.15) is 16.8 Å². The van der Waals surface area contributed by atoms with Crippen molar-refractivity contribution in [3.05, 3.63) is 46.7 Å². The number of hydrogen-bond donors (Lipinski definition) is 1. The van der Waals surface area contributed by atoms with Crippen molar-refractivity contribution in [2.75, 3.05) is 7.11 Å². The summed E-state index contributed by atoms with van der Waals surface area (Å²) in [6, 6.07) is 3.42. The number of aromatic nitrogens is 2. The predicted octanol–water partition coefficient (Wildman–Crippen LogP) is 2.31. The number of benzene rings is 1.